The molecule has 0 aliphatic heterocycles. The van der Waals surface area contributed by atoms with Crippen molar-refractivity contribution in [3.8, 4) is 0 Å². The molecule has 0 radical (unpaired) electrons. The molecule has 1 rings (SSSR count). The van der Waals surface area contributed by atoms with Gasteiger partial charge in [0.15, 0.2) is 0 Å². The quantitative estimate of drug-likeness (QED) is 0.439. The lowest BCUT2D eigenvalue weighted by atomic mass is 10.1. The monoisotopic (exact) mass is 235 g/mol. The lowest BCUT2D eigenvalue weighted by Gasteiger charge is -2.21. The third kappa shape index (κ3) is 5.50. The highest BCUT2D eigenvalue weighted by Gasteiger charge is 2.14. The maximum Gasteiger partial charge on any atom is 0.321 e. The van der Waals surface area contributed by atoms with Crippen LogP contribution in [0.3, 0.4) is 0 Å². The molecule has 0 saturated carbocycles. The van der Waals surface area contributed by atoms with Crippen molar-refractivity contribution in [2.24, 2.45) is 0 Å². The van der Waals surface area contributed by atoms with E-state index in [-0.39, 0.29) is 11.5 Å². The first-order chi connectivity index (χ1) is 7.87. The molecule has 92 valence electrons. The molecule has 2 amide bonds. The van der Waals surface area contributed by atoms with Crippen molar-refractivity contribution in [2.75, 3.05) is 5.32 Å². The fourth-order valence-electron chi connectivity index (χ4n) is 1.10. The number of nitrogens with zero attached hydrogens (tertiary/aromatic N) is 1. The predicted molar refractivity (Wildman–Crippen MR) is 67.0 cm³/mol. The average Bonchev–Trinajstić information content (AvgIpc) is 2.15. The molecule has 0 spiro atoms. The van der Waals surface area contributed by atoms with E-state index in [0.29, 0.717) is 5.69 Å². The first kappa shape index (κ1) is 13.0. The molecular weight excluding hydrogens is 218 g/mol. The van der Waals surface area contributed by atoms with Gasteiger partial charge in [-0.05, 0) is 32.9 Å². The highest BCUT2D eigenvalue weighted by molar-refractivity contribution is 6.01. The third-order valence-electron chi connectivity index (χ3n) is 1.66. The molecular formula is C11H17N5O. The van der Waals surface area contributed by atoms with Crippen LogP contribution in [0.25, 0.3) is 0 Å². The number of hydrogen-bond acceptors (Lipinski definition) is 3. The van der Waals surface area contributed by atoms with Gasteiger partial charge in [0.05, 0.1) is 11.9 Å². The zero-order chi connectivity index (χ0) is 12.9. The van der Waals surface area contributed by atoms with E-state index in [1.54, 1.807) is 24.5 Å². The second-order valence-electron chi connectivity index (χ2n) is 4.57. The average molecular weight is 235 g/mol. The number of carbonyl (C=O) groups is 1. The topological polar surface area (TPSA) is 89.9 Å². The van der Waals surface area contributed by atoms with E-state index in [4.69, 9.17) is 5.41 Å². The van der Waals surface area contributed by atoms with E-state index < -0.39 is 6.03 Å². The third-order valence-corrected chi connectivity index (χ3v) is 1.66. The van der Waals surface area contributed by atoms with Crippen LogP contribution in [0.2, 0.25) is 0 Å². The summed E-state index contributed by atoms with van der Waals surface area (Å²) in [5.74, 6) is -0.0975. The number of amides is 2. The van der Waals surface area contributed by atoms with Crippen molar-refractivity contribution >= 4 is 17.7 Å². The Bertz CT molecular complexity index is 396. The molecule has 17 heavy (non-hydrogen) atoms. The second kappa shape index (κ2) is 5.29. The van der Waals surface area contributed by atoms with E-state index in [0.717, 1.165) is 0 Å². The van der Waals surface area contributed by atoms with Crippen molar-refractivity contribution < 1.29 is 4.79 Å². The summed E-state index contributed by atoms with van der Waals surface area (Å²) in [7, 11) is 0. The number of hydrogen-bond donors (Lipinski definition) is 4. The van der Waals surface area contributed by atoms with Gasteiger partial charge in [-0.3, -0.25) is 15.7 Å². The fraction of sp³-hybridized carbons (Fsp3) is 0.364. The summed E-state index contributed by atoms with van der Waals surface area (Å²) in [6.07, 6.45) is 3.20. The number of nitrogens with one attached hydrogen (secondary N) is 4. The van der Waals surface area contributed by atoms with Crippen LogP contribution < -0.4 is 16.0 Å². The summed E-state index contributed by atoms with van der Waals surface area (Å²) in [4.78, 5) is 15.3. The Kier molecular flexibility index (Phi) is 4.03. The van der Waals surface area contributed by atoms with Crippen LogP contribution in [0.1, 0.15) is 20.8 Å². The summed E-state index contributed by atoms with van der Waals surface area (Å²) in [6.45, 7) is 5.60. The van der Waals surface area contributed by atoms with E-state index in [1.807, 2.05) is 20.8 Å². The molecule has 0 atom stereocenters. The summed E-state index contributed by atoms with van der Waals surface area (Å²) in [5.41, 5.74) is 0.312. The minimum Gasteiger partial charge on any atom is -0.333 e. The van der Waals surface area contributed by atoms with E-state index >= 15 is 0 Å². The maximum atomic E-state index is 11.4. The van der Waals surface area contributed by atoms with Crippen molar-refractivity contribution in [2.45, 2.75) is 26.3 Å². The first-order valence-electron chi connectivity index (χ1n) is 5.21. The molecule has 6 nitrogen and oxygen atoms in total. The zero-order valence-corrected chi connectivity index (χ0v) is 10.2. The minimum absolute atomic E-state index is 0.0975. The number of pyridine rings is 1. The molecule has 0 fully saturated rings. The van der Waals surface area contributed by atoms with Gasteiger partial charge in [0.25, 0.3) is 0 Å². The normalized spacial score (nSPS) is 10.5. The van der Waals surface area contributed by atoms with Crippen LogP contribution in [-0.4, -0.2) is 22.5 Å². The maximum absolute atomic E-state index is 11.4. The van der Waals surface area contributed by atoms with Crippen molar-refractivity contribution in [1.82, 2.24) is 15.6 Å². The molecule has 6 heteroatoms. The van der Waals surface area contributed by atoms with Crippen LogP contribution in [0, 0.1) is 5.41 Å². The largest absolute Gasteiger partial charge is 0.333 e. The smallest absolute Gasteiger partial charge is 0.321 e. The minimum atomic E-state index is -0.418. The van der Waals surface area contributed by atoms with Crippen molar-refractivity contribution in [3.05, 3.63) is 24.5 Å². The Labute approximate surface area is 100 Å². The predicted octanol–water partition coefficient (Wildman–Crippen LogP) is 1.53. The van der Waals surface area contributed by atoms with Gasteiger partial charge in [-0.25, -0.2) is 4.79 Å². The van der Waals surface area contributed by atoms with Gasteiger partial charge in [0.1, 0.15) is 0 Å². The molecule has 0 aliphatic rings. The highest BCUT2D eigenvalue weighted by atomic mass is 16.2. The molecule has 1 aromatic rings. The molecule has 1 aromatic heterocycles. The molecule has 0 unspecified atom stereocenters. The van der Waals surface area contributed by atoms with Gasteiger partial charge < -0.3 is 10.6 Å². The van der Waals surface area contributed by atoms with Gasteiger partial charge >= 0.3 is 6.03 Å². The van der Waals surface area contributed by atoms with Gasteiger partial charge in [-0.15, -0.1) is 0 Å². The summed E-state index contributed by atoms with van der Waals surface area (Å²) >= 11 is 0. The molecule has 4 N–H and O–H groups in total. The lowest BCUT2D eigenvalue weighted by Crippen LogP contribution is -2.49. The standard InChI is InChI=1S/C11H17N5O/c1-11(2,3)16-10(17)15-9(12)14-8-5-4-6-13-7-8/h4-7H,1-3H3,(H4,12,14,15,16,17). The van der Waals surface area contributed by atoms with Crippen LogP contribution in [0.15, 0.2) is 24.5 Å². The molecule has 0 aromatic carbocycles. The number of urea groups is 1. The van der Waals surface area contributed by atoms with Crippen LogP contribution in [-0.2, 0) is 0 Å². The van der Waals surface area contributed by atoms with Crippen LogP contribution in [0.4, 0.5) is 10.5 Å². The second-order valence-corrected chi connectivity index (χ2v) is 4.57. The van der Waals surface area contributed by atoms with Gasteiger partial charge in [-0.1, -0.05) is 0 Å². The van der Waals surface area contributed by atoms with E-state index in [2.05, 4.69) is 20.9 Å². The summed E-state index contributed by atoms with van der Waals surface area (Å²) in [6, 6.07) is 3.08. The zero-order valence-electron chi connectivity index (χ0n) is 10.2. The van der Waals surface area contributed by atoms with E-state index in [9.17, 15) is 4.79 Å². The lowest BCUT2D eigenvalue weighted by molar-refractivity contribution is 0.236. The van der Waals surface area contributed by atoms with Crippen LogP contribution >= 0.6 is 0 Å². The Morgan fingerprint density at radius 2 is 2.12 bits per heavy atom. The molecule has 0 saturated heterocycles. The Balaban J connectivity index is 2.43. The van der Waals surface area contributed by atoms with Crippen molar-refractivity contribution in [3.63, 3.8) is 0 Å². The number of rotatable bonds is 1. The molecule has 1 heterocycles. The van der Waals surface area contributed by atoms with Crippen LogP contribution in [0.5, 0.6) is 0 Å². The fourth-order valence-corrected chi connectivity index (χ4v) is 1.10. The van der Waals surface area contributed by atoms with Gasteiger partial charge in [0.2, 0.25) is 5.96 Å². The van der Waals surface area contributed by atoms with E-state index in [1.165, 1.54) is 0 Å². The van der Waals surface area contributed by atoms with Gasteiger partial charge in [-0.2, -0.15) is 0 Å². The highest BCUT2D eigenvalue weighted by Crippen LogP contribution is 2.01. The summed E-state index contributed by atoms with van der Waals surface area (Å²) in [5, 5.41) is 15.3. The SMILES string of the molecule is CC(C)(C)NC(=O)NC(=N)Nc1cccnc1. The number of guanidine groups is 1. The molecule has 0 bridgehead atoms. The Morgan fingerprint density at radius 1 is 1.41 bits per heavy atom. The van der Waals surface area contributed by atoms with Gasteiger partial charge in [0, 0.05) is 11.7 Å². The summed E-state index contributed by atoms with van der Waals surface area (Å²) < 4.78 is 0. The first-order valence-corrected chi connectivity index (χ1v) is 5.21. The Hall–Kier alpha value is -2.11. The molecule has 0 aliphatic carbocycles. The number of anilines is 1. The number of carbonyl (C=O) groups excluding carboxylic acids is 1. The number of aromatic nitrogens is 1. The van der Waals surface area contributed by atoms with Crippen molar-refractivity contribution in [1.29, 1.82) is 5.41 Å². The Morgan fingerprint density at radius 3 is 2.65 bits per heavy atom.